The second-order valence-corrected chi connectivity index (χ2v) is 3.42. The van der Waals surface area contributed by atoms with E-state index >= 15 is 0 Å². The van der Waals surface area contributed by atoms with Crippen LogP contribution in [0, 0.1) is 5.92 Å². The largest absolute Gasteiger partial charge is 0.377 e. The van der Waals surface area contributed by atoms with Gasteiger partial charge in [-0.25, -0.2) is 0 Å². The predicted molar refractivity (Wildman–Crippen MR) is 48.0 cm³/mol. The molecule has 0 aromatic carbocycles. The van der Waals surface area contributed by atoms with E-state index in [1.54, 1.807) is 6.08 Å². The molecule has 12 heavy (non-hydrogen) atoms. The number of carbonyl (C=O) groups excluding carboxylic acids is 1. The van der Waals surface area contributed by atoms with Crippen molar-refractivity contribution in [3.8, 4) is 0 Å². The number of ketones is 1. The van der Waals surface area contributed by atoms with Gasteiger partial charge in [0.05, 0.1) is 6.61 Å². The Labute approximate surface area is 73.6 Å². The molecule has 2 heteroatoms. The van der Waals surface area contributed by atoms with Crippen LogP contribution in [-0.2, 0) is 9.53 Å². The highest BCUT2D eigenvalue weighted by molar-refractivity contribution is 5.91. The Morgan fingerprint density at radius 3 is 2.92 bits per heavy atom. The molecule has 1 aliphatic carbocycles. The molecule has 1 unspecified atom stereocenters. The van der Waals surface area contributed by atoms with E-state index < -0.39 is 0 Å². The molecule has 1 aliphatic rings. The third kappa shape index (κ3) is 2.78. The molecule has 0 aliphatic heterocycles. The Morgan fingerprint density at radius 1 is 1.58 bits per heavy atom. The summed E-state index contributed by atoms with van der Waals surface area (Å²) in [5.74, 6) is 0.751. The summed E-state index contributed by atoms with van der Waals surface area (Å²) in [5, 5.41) is 0. The normalized spacial score (nSPS) is 24.0. The molecule has 0 saturated carbocycles. The lowest BCUT2D eigenvalue weighted by Gasteiger charge is -2.17. The summed E-state index contributed by atoms with van der Waals surface area (Å²) in [4.78, 5) is 11.1. The molecule has 0 spiro atoms. The summed E-state index contributed by atoms with van der Waals surface area (Å²) in [5.41, 5.74) is 1.15. The zero-order chi connectivity index (χ0) is 8.97. The maximum absolute atomic E-state index is 11.1. The molecule has 0 heterocycles. The molecule has 0 fully saturated rings. The third-order valence-corrected chi connectivity index (χ3v) is 2.02. The predicted octanol–water partition coefficient (Wildman–Crippen LogP) is 1.95. The second kappa shape index (κ2) is 4.41. The van der Waals surface area contributed by atoms with Crippen molar-refractivity contribution in [3.63, 3.8) is 0 Å². The Bertz CT molecular complexity index is 194. The Morgan fingerprint density at radius 2 is 2.33 bits per heavy atom. The van der Waals surface area contributed by atoms with Crippen LogP contribution in [0.5, 0.6) is 0 Å². The van der Waals surface area contributed by atoms with Crippen molar-refractivity contribution in [2.24, 2.45) is 5.92 Å². The van der Waals surface area contributed by atoms with Crippen molar-refractivity contribution < 1.29 is 9.53 Å². The molecule has 0 aromatic heterocycles. The minimum Gasteiger partial charge on any atom is -0.377 e. The summed E-state index contributed by atoms with van der Waals surface area (Å²) in [6, 6.07) is 0. The van der Waals surface area contributed by atoms with Crippen LogP contribution in [0.1, 0.15) is 26.7 Å². The molecule has 0 aromatic rings. The lowest BCUT2D eigenvalue weighted by molar-refractivity contribution is -0.115. The zero-order valence-corrected chi connectivity index (χ0v) is 7.80. The average molecular weight is 168 g/mol. The molecule has 0 bridgehead atoms. The van der Waals surface area contributed by atoms with E-state index in [0.29, 0.717) is 18.9 Å². The van der Waals surface area contributed by atoms with Crippen LogP contribution in [0.4, 0.5) is 0 Å². The summed E-state index contributed by atoms with van der Waals surface area (Å²) < 4.78 is 5.25. The quantitative estimate of drug-likeness (QED) is 0.643. The van der Waals surface area contributed by atoms with Gasteiger partial charge in [0.2, 0.25) is 0 Å². The van der Waals surface area contributed by atoms with Crippen LogP contribution >= 0.6 is 0 Å². The summed E-state index contributed by atoms with van der Waals surface area (Å²) in [7, 11) is 0. The Hall–Kier alpha value is -0.630. The molecule has 0 N–H and O–H groups in total. The number of carbonyl (C=O) groups is 1. The van der Waals surface area contributed by atoms with Gasteiger partial charge in [-0.1, -0.05) is 6.92 Å². The summed E-state index contributed by atoms with van der Waals surface area (Å²) >= 11 is 0. The molecule has 1 atom stereocenters. The Balaban J connectivity index is 2.46. The first-order valence-corrected chi connectivity index (χ1v) is 4.52. The molecule has 2 nitrogen and oxygen atoms in total. The highest BCUT2D eigenvalue weighted by atomic mass is 16.5. The van der Waals surface area contributed by atoms with Crippen LogP contribution in [0.3, 0.4) is 0 Å². The molecule has 68 valence electrons. The van der Waals surface area contributed by atoms with Crippen LogP contribution in [-0.4, -0.2) is 19.0 Å². The first-order chi connectivity index (χ1) is 5.72. The van der Waals surface area contributed by atoms with Gasteiger partial charge in [-0.2, -0.15) is 0 Å². The van der Waals surface area contributed by atoms with Gasteiger partial charge in [0.15, 0.2) is 5.78 Å². The molecular weight excluding hydrogens is 152 g/mol. The van der Waals surface area contributed by atoms with Gasteiger partial charge >= 0.3 is 0 Å². The van der Waals surface area contributed by atoms with E-state index in [4.69, 9.17) is 4.74 Å². The monoisotopic (exact) mass is 168 g/mol. The van der Waals surface area contributed by atoms with Crippen molar-refractivity contribution in [1.82, 2.24) is 0 Å². The summed E-state index contributed by atoms with van der Waals surface area (Å²) in [6.07, 6.45) is 3.47. The number of allylic oxidation sites excluding steroid dienone is 1. The fourth-order valence-corrected chi connectivity index (χ4v) is 1.54. The fraction of sp³-hybridized carbons (Fsp3) is 0.700. The SMILES string of the molecule is CCOCC1=CC(=O)CC(C)C1. The fourth-order valence-electron chi connectivity index (χ4n) is 1.54. The molecular formula is C10H16O2. The van der Waals surface area contributed by atoms with Gasteiger partial charge in [-0.05, 0) is 30.9 Å². The Kier molecular flexibility index (Phi) is 3.48. The number of hydrogen-bond donors (Lipinski definition) is 0. The minimum atomic E-state index is 0.253. The first-order valence-electron chi connectivity index (χ1n) is 4.52. The van der Waals surface area contributed by atoms with E-state index in [2.05, 4.69) is 6.92 Å². The maximum Gasteiger partial charge on any atom is 0.156 e. The van der Waals surface area contributed by atoms with E-state index in [1.807, 2.05) is 6.92 Å². The first kappa shape index (κ1) is 9.46. The zero-order valence-electron chi connectivity index (χ0n) is 7.80. The lowest BCUT2D eigenvalue weighted by atomic mass is 9.90. The second-order valence-electron chi connectivity index (χ2n) is 3.42. The smallest absolute Gasteiger partial charge is 0.156 e. The number of hydrogen-bond acceptors (Lipinski definition) is 2. The van der Waals surface area contributed by atoms with Crippen molar-refractivity contribution >= 4 is 5.78 Å². The lowest BCUT2D eigenvalue weighted by Crippen LogP contribution is -2.14. The summed E-state index contributed by atoms with van der Waals surface area (Å²) in [6.45, 7) is 5.43. The van der Waals surface area contributed by atoms with E-state index in [9.17, 15) is 4.79 Å². The number of ether oxygens (including phenoxy) is 1. The molecule has 0 saturated heterocycles. The van der Waals surface area contributed by atoms with Crippen LogP contribution in [0.15, 0.2) is 11.6 Å². The van der Waals surface area contributed by atoms with Gasteiger partial charge in [-0.3, -0.25) is 4.79 Å². The van der Waals surface area contributed by atoms with Crippen molar-refractivity contribution in [2.75, 3.05) is 13.2 Å². The van der Waals surface area contributed by atoms with Crippen molar-refractivity contribution in [2.45, 2.75) is 26.7 Å². The van der Waals surface area contributed by atoms with Crippen molar-refractivity contribution in [3.05, 3.63) is 11.6 Å². The minimum absolute atomic E-state index is 0.253. The maximum atomic E-state index is 11.1. The highest BCUT2D eigenvalue weighted by Gasteiger charge is 2.16. The van der Waals surface area contributed by atoms with Gasteiger partial charge in [0.25, 0.3) is 0 Å². The van der Waals surface area contributed by atoms with Gasteiger partial charge in [0, 0.05) is 13.0 Å². The average Bonchev–Trinajstić information content (AvgIpc) is 1.99. The molecule has 0 radical (unpaired) electrons. The molecule has 1 rings (SSSR count). The highest BCUT2D eigenvalue weighted by Crippen LogP contribution is 2.21. The van der Waals surface area contributed by atoms with Gasteiger partial charge < -0.3 is 4.74 Å². The van der Waals surface area contributed by atoms with E-state index in [1.165, 1.54) is 0 Å². The third-order valence-electron chi connectivity index (χ3n) is 2.02. The van der Waals surface area contributed by atoms with E-state index in [0.717, 1.165) is 18.6 Å². The van der Waals surface area contributed by atoms with Crippen LogP contribution in [0.2, 0.25) is 0 Å². The van der Waals surface area contributed by atoms with E-state index in [-0.39, 0.29) is 5.78 Å². The molecule has 0 amide bonds. The van der Waals surface area contributed by atoms with Crippen LogP contribution in [0.25, 0.3) is 0 Å². The topological polar surface area (TPSA) is 26.3 Å². The van der Waals surface area contributed by atoms with Crippen LogP contribution < -0.4 is 0 Å². The number of rotatable bonds is 3. The van der Waals surface area contributed by atoms with Gasteiger partial charge in [0.1, 0.15) is 0 Å². The van der Waals surface area contributed by atoms with Gasteiger partial charge in [-0.15, -0.1) is 0 Å². The standard InChI is InChI=1S/C10H16O2/c1-3-12-7-9-4-8(2)5-10(11)6-9/h6,8H,3-5,7H2,1-2H3. The van der Waals surface area contributed by atoms with Crippen molar-refractivity contribution in [1.29, 1.82) is 0 Å².